The highest BCUT2D eigenvalue weighted by Gasteiger charge is 2.43. The number of amides is 1. The fourth-order valence-electron chi connectivity index (χ4n) is 2.63. The number of rotatable bonds is 8. The summed E-state index contributed by atoms with van der Waals surface area (Å²) in [5.74, 6) is -0.296. The summed E-state index contributed by atoms with van der Waals surface area (Å²) in [5.41, 5.74) is -0.671. The molecule has 1 amide bonds. The minimum Gasteiger partial charge on any atom is -0.327 e. The minimum atomic E-state index is -0.671. The van der Waals surface area contributed by atoms with Crippen molar-refractivity contribution in [1.29, 1.82) is 5.26 Å². The van der Waals surface area contributed by atoms with Crippen LogP contribution in [0, 0.1) is 11.3 Å². The Hall–Kier alpha value is -2.00. The highest BCUT2D eigenvalue weighted by atomic mass is 32.1. The van der Waals surface area contributed by atoms with Crippen LogP contribution < -0.4 is 0 Å². The molecule has 0 unspecified atom stereocenters. The van der Waals surface area contributed by atoms with Crippen LogP contribution in [0.3, 0.4) is 0 Å². The number of carbonyl (C=O) groups excluding carboxylic acids is 3. The maximum Gasteiger partial charge on any atom is 0.224 e. The van der Waals surface area contributed by atoms with Crippen LogP contribution >= 0.6 is 11.3 Å². The van der Waals surface area contributed by atoms with Crippen molar-refractivity contribution in [1.82, 2.24) is 4.90 Å². The van der Waals surface area contributed by atoms with Gasteiger partial charge in [-0.2, -0.15) is 5.26 Å². The standard InChI is InChI=1S/C17H20N2O3S/c1-19(17(12-18)9-3-10-17)16(22)8-6-13(20)5-7-14(21)15-4-2-11-23-15/h2,4,11H,3,5-10H2,1H3. The molecule has 0 spiro atoms. The first-order valence-corrected chi connectivity index (χ1v) is 8.63. The normalized spacial score (nSPS) is 15.3. The van der Waals surface area contributed by atoms with Gasteiger partial charge in [0.15, 0.2) is 5.78 Å². The molecule has 0 radical (unpaired) electrons. The van der Waals surface area contributed by atoms with E-state index in [1.165, 1.54) is 16.2 Å². The van der Waals surface area contributed by atoms with Crippen LogP contribution in [-0.4, -0.2) is 35.0 Å². The van der Waals surface area contributed by atoms with Gasteiger partial charge >= 0.3 is 0 Å². The van der Waals surface area contributed by atoms with Crippen LogP contribution in [0.4, 0.5) is 0 Å². The summed E-state index contributed by atoms with van der Waals surface area (Å²) < 4.78 is 0. The SMILES string of the molecule is CN(C(=O)CCC(=O)CCC(=O)c1cccs1)C1(C#N)CCC1. The van der Waals surface area contributed by atoms with Crippen LogP contribution in [0.25, 0.3) is 0 Å². The van der Waals surface area contributed by atoms with Crippen LogP contribution in [-0.2, 0) is 9.59 Å². The lowest BCUT2D eigenvalue weighted by atomic mass is 9.76. The average molecular weight is 332 g/mol. The van der Waals surface area contributed by atoms with Gasteiger partial charge in [0, 0.05) is 32.7 Å². The van der Waals surface area contributed by atoms with Crippen molar-refractivity contribution in [2.75, 3.05) is 7.05 Å². The molecule has 0 saturated heterocycles. The van der Waals surface area contributed by atoms with Gasteiger partial charge in [0.05, 0.1) is 10.9 Å². The number of nitrogens with zero attached hydrogens (tertiary/aromatic N) is 2. The smallest absolute Gasteiger partial charge is 0.224 e. The van der Waals surface area contributed by atoms with E-state index < -0.39 is 5.54 Å². The summed E-state index contributed by atoms with van der Waals surface area (Å²) in [6.45, 7) is 0. The Morgan fingerprint density at radius 3 is 2.48 bits per heavy atom. The third-order valence-corrected chi connectivity index (χ3v) is 5.36. The van der Waals surface area contributed by atoms with Gasteiger partial charge < -0.3 is 4.90 Å². The fraction of sp³-hybridized carbons (Fsp3) is 0.529. The maximum atomic E-state index is 12.1. The molecular weight excluding hydrogens is 312 g/mol. The molecular formula is C17H20N2O3S. The van der Waals surface area contributed by atoms with E-state index in [0.717, 1.165) is 6.42 Å². The van der Waals surface area contributed by atoms with Gasteiger partial charge in [-0.3, -0.25) is 14.4 Å². The number of ketones is 2. The second-order valence-electron chi connectivity index (χ2n) is 5.89. The lowest BCUT2D eigenvalue weighted by Gasteiger charge is -2.43. The molecule has 1 aromatic heterocycles. The number of carbonyl (C=O) groups is 3. The van der Waals surface area contributed by atoms with Crippen molar-refractivity contribution in [2.45, 2.75) is 50.5 Å². The van der Waals surface area contributed by atoms with Gasteiger partial charge in [-0.1, -0.05) is 6.07 Å². The predicted octanol–water partition coefficient (Wildman–Crippen LogP) is 2.96. The summed E-state index contributed by atoms with van der Waals surface area (Å²) in [7, 11) is 1.63. The Morgan fingerprint density at radius 1 is 1.26 bits per heavy atom. The van der Waals surface area contributed by atoms with E-state index in [1.54, 1.807) is 19.2 Å². The molecule has 1 aliphatic rings. The van der Waals surface area contributed by atoms with Gasteiger partial charge in [0.25, 0.3) is 0 Å². The van der Waals surface area contributed by atoms with Crippen molar-refractivity contribution < 1.29 is 14.4 Å². The fourth-order valence-corrected chi connectivity index (χ4v) is 3.32. The summed E-state index contributed by atoms with van der Waals surface area (Å²) in [6.07, 6.45) is 2.94. The molecule has 1 saturated carbocycles. The Morgan fingerprint density at radius 2 is 1.96 bits per heavy atom. The van der Waals surface area contributed by atoms with E-state index in [1.807, 2.05) is 5.38 Å². The topological polar surface area (TPSA) is 78.2 Å². The van der Waals surface area contributed by atoms with Gasteiger partial charge in [-0.05, 0) is 30.7 Å². The highest BCUT2D eigenvalue weighted by Crippen LogP contribution is 2.36. The van der Waals surface area contributed by atoms with Crippen LogP contribution in [0.2, 0.25) is 0 Å². The van der Waals surface area contributed by atoms with Crippen molar-refractivity contribution in [2.24, 2.45) is 0 Å². The first-order chi connectivity index (χ1) is 11.0. The first-order valence-electron chi connectivity index (χ1n) is 7.75. The number of nitriles is 1. The molecule has 1 aromatic rings. The number of hydrogen-bond donors (Lipinski definition) is 0. The third-order valence-electron chi connectivity index (χ3n) is 4.45. The van der Waals surface area contributed by atoms with Crippen molar-refractivity contribution >= 4 is 28.8 Å². The van der Waals surface area contributed by atoms with Gasteiger partial charge in [0.1, 0.15) is 11.3 Å². The van der Waals surface area contributed by atoms with Crippen LogP contribution in [0.5, 0.6) is 0 Å². The second kappa shape index (κ2) is 7.51. The number of Topliss-reactive ketones (excluding diaryl/α,β-unsaturated/α-hetero) is 2. The molecule has 5 nitrogen and oxygen atoms in total. The molecule has 1 fully saturated rings. The number of hydrogen-bond acceptors (Lipinski definition) is 5. The third kappa shape index (κ3) is 4.05. The highest BCUT2D eigenvalue weighted by molar-refractivity contribution is 7.12. The van der Waals surface area contributed by atoms with E-state index in [2.05, 4.69) is 6.07 Å². The largest absolute Gasteiger partial charge is 0.327 e. The van der Waals surface area contributed by atoms with E-state index in [-0.39, 0.29) is 43.2 Å². The zero-order valence-electron chi connectivity index (χ0n) is 13.2. The quantitative estimate of drug-likeness (QED) is 0.686. The minimum absolute atomic E-state index is 0.0327. The monoisotopic (exact) mass is 332 g/mol. The lowest BCUT2D eigenvalue weighted by Crippen LogP contribution is -2.53. The summed E-state index contributed by atoms with van der Waals surface area (Å²) in [4.78, 5) is 38.0. The Kier molecular flexibility index (Phi) is 5.67. The molecule has 0 bridgehead atoms. The number of thiophene rings is 1. The molecule has 0 aromatic carbocycles. The maximum absolute atomic E-state index is 12.1. The second-order valence-corrected chi connectivity index (χ2v) is 6.84. The summed E-state index contributed by atoms with van der Waals surface area (Å²) in [5, 5.41) is 11.1. The predicted molar refractivity (Wildman–Crippen MR) is 87.1 cm³/mol. The molecule has 6 heteroatoms. The molecule has 0 N–H and O–H groups in total. The van der Waals surface area contributed by atoms with E-state index in [9.17, 15) is 19.6 Å². The van der Waals surface area contributed by atoms with E-state index in [4.69, 9.17) is 0 Å². The van der Waals surface area contributed by atoms with Crippen LogP contribution in [0.15, 0.2) is 17.5 Å². The zero-order chi connectivity index (χ0) is 16.9. The van der Waals surface area contributed by atoms with Gasteiger partial charge in [-0.15, -0.1) is 11.3 Å². The molecule has 23 heavy (non-hydrogen) atoms. The van der Waals surface area contributed by atoms with Gasteiger partial charge in [0.2, 0.25) is 5.91 Å². The van der Waals surface area contributed by atoms with Crippen LogP contribution in [0.1, 0.15) is 54.6 Å². The zero-order valence-corrected chi connectivity index (χ0v) is 14.0. The molecule has 0 atom stereocenters. The Bertz CT molecular complexity index is 627. The first kappa shape index (κ1) is 17.4. The Balaban J connectivity index is 1.73. The van der Waals surface area contributed by atoms with E-state index >= 15 is 0 Å². The Labute approximate surface area is 139 Å². The lowest BCUT2D eigenvalue weighted by molar-refractivity contribution is -0.137. The van der Waals surface area contributed by atoms with E-state index in [0.29, 0.717) is 17.7 Å². The van der Waals surface area contributed by atoms with Gasteiger partial charge in [-0.25, -0.2) is 0 Å². The van der Waals surface area contributed by atoms with Crippen molar-refractivity contribution in [3.63, 3.8) is 0 Å². The van der Waals surface area contributed by atoms with Crippen molar-refractivity contribution in [3.05, 3.63) is 22.4 Å². The molecule has 1 heterocycles. The summed E-state index contributed by atoms with van der Waals surface area (Å²) in [6, 6.07) is 5.77. The summed E-state index contributed by atoms with van der Waals surface area (Å²) >= 11 is 1.37. The molecule has 1 aliphatic carbocycles. The molecule has 0 aliphatic heterocycles. The average Bonchev–Trinajstić information content (AvgIpc) is 3.04. The van der Waals surface area contributed by atoms with Crippen molar-refractivity contribution in [3.8, 4) is 6.07 Å². The molecule has 122 valence electrons. The molecule has 2 rings (SSSR count).